The SMILES string of the molecule is CC1(NC(=O)Cc2ccc(Cl)cc2)CCCCC1C(=O)O. The van der Waals surface area contributed by atoms with Crippen LogP contribution in [0.1, 0.15) is 38.2 Å². The summed E-state index contributed by atoms with van der Waals surface area (Å²) in [7, 11) is 0. The quantitative estimate of drug-likeness (QED) is 0.898. The van der Waals surface area contributed by atoms with Gasteiger partial charge >= 0.3 is 5.97 Å². The van der Waals surface area contributed by atoms with Crippen molar-refractivity contribution in [3.05, 3.63) is 34.9 Å². The number of carbonyl (C=O) groups excluding carboxylic acids is 1. The van der Waals surface area contributed by atoms with E-state index in [1.54, 1.807) is 24.3 Å². The number of benzene rings is 1. The van der Waals surface area contributed by atoms with Crippen molar-refractivity contribution >= 4 is 23.5 Å². The molecule has 0 radical (unpaired) electrons. The molecule has 0 spiro atoms. The Bertz CT molecular complexity index is 529. The van der Waals surface area contributed by atoms with Crippen molar-refractivity contribution in [1.29, 1.82) is 0 Å². The van der Waals surface area contributed by atoms with Crippen molar-refractivity contribution in [2.24, 2.45) is 5.92 Å². The first-order valence-corrected chi connectivity index (χ1v) is 7.57. The molecule has 0 bridgehead atoms. The topological polar surface area (TPSA) is 66.4 Å². The average Bonchev–Trinajstić information content (AvgIpc) is 2.41. The maximum absolute atomic E-state index is 12.2. The third-order valence-corrected chi connectivity index (χ3v) is 4.46. The molecule has 1 aliphatic carbocycles. The van der Waals surface area contributed by atoms with Crippen LogP contribution < -0.4 is 5.32 Å². The van der Waals surface area contributed by atoms with Gasteiger partial charge in [-0.15, -0.1) is 0 Å². The molecule has 1 aromatic rings. The smallest absolute Gasteiger partial charge is 0.308 e. The number of aliphatic carboxylic acids is 1. The second-order valence-electron chi connectivity index (χ2n) is 5.91. The number of carbonyl (C=O) groups is 2. The van der Waals surface area contributed by atoms with Gasteiger partial charge in [-0.25, -0.2) is 0 Å². The first kappa shape index (κ1) is 15.8. The summed E-state index contributed by atoms with van der Waals surface area (Å²) in [4.78, 5) is 23.6. The molecule has 0 saturated heterocycles. The van der Waals surface area contributed by atoms with E-state index in [0.717, 1.165) is 18.4 Å². The molecule has 4 nitrogen and oxygen atoms in total. The van der Waals surface area contributed by atoms with E-state index in [9.17, 15) is 14.7 Å². The highest BCUT2D eigenvalue weighted by Crippen LogP contribution is 2.33. The molecule has 1 saturated carbocycles. The number of carboxylic acids is 1. The lowest BCUT2D eigenvalue weighted by molar-refractivity contribution is -0.146. The molecular formula is C16H20ClNO3. The van der Waals surface area contributed by atoms with E-state index in [1.807, 2.05) is 6.92 Å². The molecule has 0 aromatic heterocycles. The normalized spacial score (nSPS) is 25.3. The van der Waals surface area contributed by atoms with Gasteiger partial charge in [0.05, 0.1) is 17.9 Å². The van der Waals surface area contributed by atoms with Gasteiger partial charge in [0.15, 0.2) is 0 Å². The largest absolute Gasteiger partial charge is 0.481 e. The van der Waals surface area contributed by atoms with Crippen molar-refractivity contribution < 1.29 is 14.7 Å². The summed E-state index contributed by atoms with van der Waals surface area (Å²) < 4.78 is 0. The third kappa shape index (κ3) is 3.97. The Morgan fingerprint density at radius 2 is 2.00 bits per heavy atom. The number of amides is 1. The van der Waals surface area contributed by atoms with Crippen LogP contribution in [0.25, 0.3) is 0 Å². The lowest BCUT2D eigenvalue weighted by atomic mass is 9.74. The van der Waals surface area contributed by atoms with Gasteiger partial charge < -0.3 is 10.4 Å². The van der Waals surface area contributed by atoms with E-state index in [1.165, 1.54) is 0 Å². The molecular weight excluding hydrogens is 290 g/mol. The fourth-order valence-corrected chi connectivity index (χ4v) is 3.16. The Morgan fingerprint density at radius 1 is 1.33 bits per heavy atom. The Morgan fingerprint density at radius 3 is 2.62 bits per heavy atom. The van der Waals surface area contributed by atoms with Gasteiger partial charge in [0.25, 0.3) is 0 Å². The number of hydrogen-bond donors (Lipinski definition) is 2. The first-order valence-electron chi connectivity index (χ1n) is 7.19. The van der Waals surface area contributed by atoms with Crippen molar-refractivity contribution in [1.82, 2.24) is 5.32 Å². The minimum absolute atomic E-state index is 0.145. The molecule has 1 fully saturated rings. The van der Waals surface area contributed by atoms with Gasteiger partial charge in [0, 0.05) is 5.02 Å². The predicted molar refractivity (Wildman–Crippen MR) is 81.3 cm³/mol. The number of halogens is 1. The number of nitrogens with one attached hydrogen (secondary N) is 1. The zero-order valence-electron chi connectivity index (χ0n) is 12.1. The van der Waals surface area contributed by atoms with Crippen LogP contribution in [0.3, 0.4) is 0 Å². The van der Waals surface area contributed by atoms with Gasteiger partial charge in [0.1, 0.15) is 0 Å². The molecule has 5 heteroatoms. The fourth-order valence-electron chi connectivity index (χ4n) is 3.03. The van der Waals surface area contributed by atoms with Crippen LogP contribution >= 0.6 is 11.6 Å². The van der Waals surface area contributed by atoms with Crippen molar-refractivity contribution in [2.75, 3.05) is 0 Å². The highest BCUT2D eigenvalue weighted by atomic mass is 35.5. The van der Waals surface area contributed by atoms with Crippen LogP contribution in [-0.2, 0) is 16.0 Å². The molecule has 2 atom stereocenters. The van der Waals surface area contributed by atoms with E-state index in [0.29, 0.717) is 17.9 Å². The molecule has 1 aliphatic rings. The molecule has 1 aromatic carbocycles. The molecule has 21 heavy (non-hydrogen) atoms. The van der Waals surface area contributed by atoms with E-state index in [2.05, 4.69) is 5.32 Å². The zero-order valence-corrected chi connectivity index (χ0v) is 12.8. The van der Waals surface area contributed by atoms with Gasteiger partial charge in [-0.2, -0.15) is 0 Å². The molecule has 0 heterocycles. The predicted octanol–water partition coefficient (Wildman–Crippen LogP) is 3.03. The molecule has 2 unspecified atom stereocenters. The van der Waals surface area contributed by atoms with Crippen LogP contribution in [0.2, 0.25) is 5.02 Å². The molecule has 0 aliphatic heterocycles. The van der Waals surface area contributed by atoms with Crippen LogP contribution in [0.15, 0.2) is 24.3 Å². The van der Waals surface area contributed by atoms with Crippen LogP contribution in [-0.4, -0.2) is 22.5 Å². The monoisotopic (exact) mass is 309 g/mol. The van der Waals surface area contributed by atoms with Gasteiger partial charge in [0.2, 0.25) is 5.91 Å². The Balaban J connectivity index is 2.02. The first-order chi connectivity index (χ1) is 9.90. The van der Waals surface area contributed by atoms with Crippen LogP contribution in [0.5, 0.6) is 0 Å². The van der Waals surface area contributed by atoms with Crippen molar-refractivity contribution in [3.63, 3.8) is 0 Å². The van der Waals surface area contributed by atoms with Gasteiger partial charge in [-0.05, 0) is 37.5 Å². The molecule has 114 valence electrons. The van der Waals surface area contributed by atoms with Gasteiger partial charge in [-0.3, -0.25) is 9.59 Å². The molecule has 1 amide bonds. The molecule has 2 rings (SSSR count). The maximum Gasteiger partial charge on any atom is 0.308 e. The Labute approximate surface area is 129 Å². The summed E-state index contributed by atoms with van der Waals surface area (Å²) in [5.41, 5.74) is 0.205. The summed E-state index contributed by atoms with van der Waals surface area (Å²) in [5, 5.41) is 12.9. The lowest BCUT2D eigenvalue weighted by Gasteiger charge is -2.39. The highest BCUT2D eigenvalue weighted by molar-refractivity contribution is 6.30. The second-order valence-corrected chi connectivity index (χ2v) is 6.34. The minimum atomic E-state index is -0.830. The van der Waals surface area contributed by atoms with E-state index < -0.39 is 17.4 Å². The average molecular weight is 310 g/mol. The lowest BCUT2D eigenvalue weighted by Crippen LogP contribution is -2.55. The Kier molecular flexibility index (Phi) is 4.88. The number of hydrogen-bond acceptors (Lipinski definition) is 2. The highest BCUT2D eigenvalue weighted by Gasteiger charge is 2.42. The number of rotatable bonds is 4. The fraction of sp³-hybridized carbons (Fsp3) is 0.500. The van der Waals surface area contributed by atoms with E-state index in [-0.39, 0.29) is 12.3 Å². The van der Waals surface area contributed by atoms with Crippen molar-refractivity contribution in [3.8, 4) is 0 Å². The number of carboxylic acid groups (broad SMARTS) is 1. The van der Waals surface area contributed by atoms with Crippen LogP contribution in [0.4, 0.5) is 0 Å². The summed E-state index contributed by atoms with van der Waals surface area (Å²) >= 11 is 5.81. The van der Waals surface area contributed by atoms with E-state index in [4.69, 9.17) is 11.6 Å². The van der Waals surface area contributed by atoms with Crippen LogP contribution in [0, 0.1) is 5.92 Å². The zero-order chi connectivity index (χ0) is 15.5. The second kappa shape index (κ2) is 6.48. The maximum atomic E-state index is 12.2. The standard InChI is InChI=1S/C16H20ClNO3/c1-16(9-3-2-4-13(16)15(20)21)18-14(19)10-11-5-7-12(17)8-6-11/h5-8,13H,2-4,9-10H2,1H3,(H,18,19)(H,20,21). The third-order valence-electron chi connectivity index (χ3n) is 4.21. The minimum Gasteiger partial charge on any atom is -0.481 e. The summed E-state index contributed by atoms with van der Waals surface area (Å²) in [6.45, 7) is 1.84. The summed E-state index contributed by atoms with van der Waals surface area (Å²) in [6, 6.07) is 7.10. The Hall–Kier alpha value is -1.55. The summed E-state index contributed by atoms with van der Waals surface area (Å²) in [5.74, 6) is -1.49. The summed E-state index contributed by atoms with van der Waals surface area (Å²) in [6.07, 6.45) is 3.41. The van der Waals surface area contributed by atoms with E-state index >= 15 is 0 Å². The van der Waals surface area contributed by atoms with Crippen molar-refractivity contribution in [2.45, 2.75) is 44.6 Å². The molecule has 2 N–H and O–H groups in total. The van der Waals surface area contributed by atoms with Gasteiger partial charge in [-0.1, -0.05) is 36.6 Å².